The summed E-state index contributed by atoms with van der Waals surface area (Å²) in [4.78, 5) is 14.3. The first-order valence-corrected chi connectivity index (χ1v) is 6.91. The van der Waals surface area contributed by atoms with E-state index >= 15 is 0 Å². The first kappa shape index (κ1) is 13.2. The van der Waals surface area contributed by atoms with E-state index < -0.39 is 0 Å². The summed E-state index contributed by atoms with van der Waals surface area (Å²) in [5, 5.41) is 15.9. The van der Waals surface area contributed by atoms with E-state index in [4.69, 9.17) is 4.74 Å². The van der Waals surface area contributed by atoms with Crippen molar-refractivity contribution in [3.8, 4) is 0 Å². The molecule has 1 unspecified atom stereocenters. The van der Waals surface area contributed by atoms with Gasteiger partial charge in [-0.1, -0.05) is 0 Å². The molecule has 2 heterocycles. The molecule has 1 aromatic rings. The molecule has 3 N–H and O–H groups in total. The molecule has 0 saturated carbocycles. The van der Waals surface area contributed by atoms with E-state index in [0.717, 1.165) is 24.5 Å². The zero-order valence-corrected chi connectivity index (χ0v) is 11.3. The molecule has 0 spiro atoms. The van der Waals surface area contributed by atoms with Crippen molar-refractivity contribution in [2.24, 2.45) is 0 Å². The Labute approximate surface area is 117 Å². The number of carbonyl (C=O) groups excluding carboxylic acids is 1. The second-order valence-electron chi connectivity index (χ2n) is 5.02. The molecule has 2 aliphatic rings. The molecule has 1 fully saturated rings. The SMILES string of the molecule is O=C(c1ccc2c(c1)NCCN2)N1CCOCC1CO. The lowest BCUT2D eigenvalue weighted by Gasteiger charge is -2.34. The topological polar surface area (TPSA) is 73.8 Å². The third-order valence-corrected chi connectivity index (χ3v) is 3.72. The first-order valence-electron chi connectivity index (χ1n) is 6.91. The lowest BCUT2D eigenvalue weighted by molar-refractivity contribution is -0.0183. The van der Waals surface area contributed by atoms with Crippen molar-refractivity contribution in [2.45, 2.75) is 6.04 Å². The second kappa shape index (κ2) is 5.68. The number of anilines is 2. The Kier molecular flexibility index (Phi) is 3.75. The highest BCUT2D eigenvalue weighted by Crippen LogP contribution is 2.26. The summed E-state index contributed by atoms with van der Waals surface area (Å²) in [7, 11) is 0. The van der Waals surface area contributed by atoms with Crippen LogP contribution in [-0.2, 0) is 4.74 Å². The molecule has 0 bridgehead atoms. The van der Waals surface area contributed by atoms with Gasteiger partial charge in [0.05, 0.1) is 37.2 Å². The summed E-state index contributed by atoms with van der Waals surface area (Å²) in [5.74, 6) is -0.0532. The number of nitrogens with one attached hydrogen (secondary N) is 2. The number of ether oxygens (including phenoxy) is 1. The largest absolute Gasteiger partial charge is 0.394 e. The Morgan fingerprint density at radius 1 is 1.35 bits per heavy atom. The number of benzene rings is 1. The van der Waals surface area contributed by atoms with Crippen LogP contribution in [-0.4, -0.2) is 61.4 Å². The van der Waals surface area contributed by atoms with E-state index in [9.17, 15) is 9.90 Å². The third-order valence-electron chi connectivity index (χ3n) is 3.72. The van der Waals surface area contributed by atoms with Gasteiger partial charge < -0.3 is 25.4 Å². The van der Waals surface area contributed by atoms with E-state index in [2.05, 4.69) is 10.6 Å². The predicted octanol–water partition coefficient (Wildman–Crippen LogP) is 0.357. The molecule has 2 aliphatic heterocycles. The van der Waals surface area contributed by atoms with Crippen molar-refractivity contribution in [1.82, 2.24) is 4.90 Å². The van der Waals surface area contributed by atoms with Crippen molar-refractivity contribution >= 4 is 17.3 Å². The quantitative estimate of drug-likeness (QED) is 0.728. The summed E-state index contributed by atoms with van der Waals surface area (Å²) in [6, 6.07) is 5.36. The number of rotatable bonds is 2. The number of aliphatic hydroxyl groups excluding tert-OH is 1. The van der Waals surface area contributed by atoms with Crippen LogP contribution in [0.1, 0.15) is 10.4 Å². The van der Waals surface area contributed by atoms with Gasteiger partial charge in [-0.25, -0.2) is 0 Å². The minimum Gasteiger partial charge on any atom is -0.394 e. The van der Waals surface area contributed by atoms with Gasteiger partial charge in [-0.15, -0.1) is 0 Å². The van der Waals surface area contributed by atoms with Crippen LogP contribution in [0, 0.1) is 0 Å². The van der Waals surface area contributed by atoms with Crippen LogP contribution in [0.3, 0.4) is 0 Å². The van der Waals surface area contributed by atoms with Crippen LogP contribution < -0.4 is 10.6 Å². The van der Waals surface area contributed by atoms with E-state index in [1.54, 1.807) is 4.90 Å². The molecule has 3 rings (SSSR count). The maximum absolute atomic E-state index is 12.6. The molecule has 1 atom stereocenters. The highest BCUT2D eigenvalue weighted by atomic mass is 16.5. The Hall–Kier alpha value is -1.79. The molecule has 1 amide bonds. The fourth-order valence-corrected chi connectivity index (χ4v) is 2.61. The van der Waals surface area contributed by atoms with Gasteiger partial charge in [0, 0.05) is 25.2 Å². The van der Waals surface area contributed by atoms with Crippen molar-refractivity contribution in [3.63, 3.8) is 0 Å². The summed E-state index contributed by atoms with van der Waals surface area (Å²) in [6.45, 7) is 3.10. The predicted molar refractivity (Wildman–Crippen MR) is 76.2 cm³/mol. The van der Waals surface area contributed by atoms with Gasteiger partial charge in [0.2, 0.25) is 0 Å². The monoisotopic (exact) mass is 277 g/mol. The molecular formula is C14H19N3O3. The maximum atomic E-state index is 12.6. The zero-order chi connectivity index (χ0) is 13.9. The number of aliphatic hydroxyl groups is 1. The lowest BCUT2D eigenvalue weighted by atomic mass is 10.1. The molecule has 6 nitrogen and oxygen atoms in total. The smallest absolute Gasteiger partial charge is 0.254 e. The zero-order valence-electron chi connectivity index (χ0n) is 11.3. The van der Waals surface area contributed by atoms with Crippen molar-refractivity contribution in [3.05, 3.63) is 23.8 Å². The van der Waals surface area contributed by atoms with E-state index in [-0.39, 0.29) is 18.6 Å². The number of carbonyl (C=O) groups is 1. The van der Waals surface area contributed by atoms with Crippen LogP contribution >= 0.6 is 0 Å². The fraction of sp³-hybridized carbons (Fsp3) is 0.500. The minimum atomic E-state index is -0.252. The van der Waals surface area contributed by atoms with Gasteiger partial charge in [-0.3, -0.25) is 4.79 Å². The van der Waals surface area contributed by atoms with E-state index in [0.29, 0.717) is 25.3 Å². The van der Waals surface area contributed by atoms with Gasteiger partial charge in [-0.2, -0.15) is 0 Å². The van der Waals surface area contributed by atoms with Crippen molar-refractivity contribution in [2.75, 3.05) is 50.1 Å². The maximum Gasteiger partial charge on any atom is 0.254 e. The Morgan fingerprint density at radius 2 is 2.15 bits per heavy atom. The average molecular weight is 277 g/mol. The molecule has 6 heteroatoms. The number of nitrogens with zero attached hydrogens (tertiary/aromatic N) is 1. The van der Waals surface area contributed by atoms with E-state index in [1.165, 1.54) is 0 Å². The van der Waals surface area contributed by atoms with Gasteiger partial charge in [0.25, 0.3) is 5.91 Å². The highest BCUT2D eigenvalue weighted by Gasteiger charge is 2.28. The van der Waals surface area contributed by atoms with Crippen molar-refractivity contribution < 1.29 is 14.6 Å². The molecule has 0 aromatic heterocycles. The van der Waals surface area contributed by atoms with Crippen LogP contribution in [0.2, 0.25) is 0 Å². The van der Waals surface area contributed by atoms with Crippen LogP contribution in [0.25, 0.3) is 0 Å². The molecule has 1 saturated heterocycles. The van der Waals surface area contributed by atoms with Crippen molar-refractivity contribution in [1.29, 1.82) is 0 Å². The number of fused-ring (bicyclic) bond motifs is 1. The number of amides is 1. The van der Waals surface area contributed by atoms with Gasteiger partial charge in [0.15, 0.2) is 0 Å². The third kappa shape index (κ3) is 2.44. The first-order chi connectivity index (χ1) is 9.79. The second-order valence-corrected chi connectivity index (χ2v) is 5.02. The Morgan fingerprint density at radius 3 is 2.95 bits per heavy atom. The van der Waals surface area contributed by atoms with Gasteiger partial charge in [0.1, 0.15) is 0 Å². The summed E-state index contributed by atoms with van der Waals surface area (Å²) >= 11 is 0. The summed E-state index contributed by atoms with van der Waals surface area (Å²) in [5.41, 5.74) is 2.62. The average Bonchev–Trinajstić information content (AvgIpc) is 2.53. The van der Waals surface area contributed by atoms with Crippen LogP contribution in [0.15, 0.2) is 18.2 Å². The number of hydrogen-bond acceptors (Lipinski definition) is 5. The minimum absolute atomic E-state index is 0.0532. The van der Waals surface area contributed by atoms with Gasteiger partial charge in [-0.05, 0) is 18.2 Å². The Balaban J connectivity index is 1.82. The summed E-state index contributed by atoms with van der Waals surface area (Å²) < 4.78 is 5.30. The van der Waals surface area contributed by atoms with Crippen LogP contribution in [0.4, 0.5) is 11.4 Å². The molecule has 0 radical (unpaired) electrons. The Bertz CT molecular complexity index is 506. The van der Waals surface area contributed by atoms with Gasteiger partial charge >= 0.3 is 0 Å². The molecule has 1 aromatic carbocycles. The molecule has 0 aliphatic carbocycles. The molecular weight excluding hydrogens is 258 g/mol. The summed E-state index contributed by atoms with van der Waals surface area (Å²) in [6.07, 6.45) is 0. The number of morpholine rings is 1. The van der Waals surface area contributed by atoms with Crippen LogP contribution in [0.5, 0.6) is 0 Å². The number of hydrogen-bond donors (Lipinski definition) is 3. The molecule has 108 valence electrons. The highest BCUT2D eigenvalue weighted by molar-refractivity contribution is 5.96. The normalized spacial score (nSPS) is 21.6. The fourth-order valence-electron chi connectivity index (χ4n) is 2.61. The van der Waals surface area contributed by atoms with E-state index in [1.807, 2.05) is 18.2 Å². The molecule has 20 heavy (non-hydrogen) atoms. The lowest BCUT2D eigenvalue weighted by Crippen LogP contribution is -2.50. The standard InChI is InChI=1S/C14H19N3O3/c18-8-11-9-20-6-5-17(11)14(19)10-1-2-12-13(7-10)16-4-3-15-12/h1-2,7,11,15-16,18H,3-6,8-9H2.